The molecule has 0 spiro atoms. The zero-order chi connectivity index (χ0) is 23.3. The fraction of sp³-hybridized carbons (Fsp3) is 0.154. The minimum atomic E-state index is -1.10. The van der Waals surface area contributed by atoms with Crippen molar-refractivity contribution in [2.24, 2.45) is 0 Å². The molecule has 0 radical (unpaired) electrons. The summed E-state index contributed by atoms with van der Waals surface area (Å²) in [6.45, 7) is -0.122. The first-order valence-corrected chi connectivity index (χ1v) is 10.4. The Morgan fingerprint density at radius 2 is 1.70 bits per heavy atom. The van der Waals surface area contributed by atoms with Crippen LogP contribution < -0.4 is 15.0 Å². The molecule has 1 aliphatic rings. The highest BCUT2D eigenvalue weighted by Crippen LogP contribution is 2.43. The van der Waals surface area contributed by atoms with Crippen LogP contribution in [-0.4, -0.2) is 34.8 Å². The van der Waals surface area contributed by atoms with E-state index < -0.39 is 11.7 Å². The van der Waals surface area contributed by atoms with E-state index in [9.17, 15) is 19.8 Å². The third-order valence-corrected chi connectivity index (χ3v) is 6.05. The number of aromatic nitrogens is 1. The summed E-state index contributed by atoms with van der Waals surface area (Å²) in [6, 6.07) is 16.7. The molecule has 5 rings (SSSR count). The van der Waals surface area contributed by atoms with E-state index in [4.69, 9.17) is 9.47 Å². The molecule has 0 fully saturated rings. The lowest BCUT2D eigenvalue weighted by atomic mass is 10.0. The van der Waals surface area contributed by atoms with Gasteiger partial charge in [-0.15, -0.1) is 0 Å². The summed E-state index contributed by atoms with van der Waals surface area (Å²) in [6.07, 6.45) is -1.10. The van der Waals surface area contributed by atoms with Crippen molar-refractivity contribution in [3.8, 4) is 28.5 Å². The second kappa shape index (κ2) is 7.79. The molecule has 1 aromatic heterocycles. The Kier molecular flexibility index (Phi) is 4.91. The Labute approximate surface area is 189 Å². The molecule has 33 heavy (non-hydrogen) atoms. The van der Waals surface area contributed by atoms with Gasteiger partial charge in [-0.2, -0.15) is 0 Å². The van der Waals surface area contributed by atoms with Gasteiger partial charge in [0.05, 0.1) is 43.5 Å². The van der Waals surface area contributed by atoms with Crippen molar-refractivity contribution >= 4 is 16.6 Å². The summed E-state index contributed by atoms with van der Waals surface area (Å²) in [5, 5.41) is 21.4. The first kappa shape index (κ1) is 20.8. The lowest BCUT2D eigenvalue weighted by Gasteiger charge is -2.20. The van der Waals surface area contributed by atoms with Gasteiger partial charge in [0.2, 0.25) is 0 Å². The van der Waals surface area contributed by atoms with E-state index in [0.717, 1.165) is 0 Å². The molecule has 7 nitrogen and oxygen atoms in total. The normalized spacial score (nSPS) is 13.0. The number of ether oxygens (including phenoxy) is 2. The van der Waals surface area contributed by atoms with Crippen molar-refractivity contribution in [3.63, 3.8) is 0 Å². The topological polar surface area (TPSA) is 98.0 Å². The summed E-state index contributed by atoms with van der Waals surface area (Å²) < 4.78 is 12.3. The lowest BCUT2D eigenvalue weighted by Crippen LogP contribution is -2.26. The molecule has 1 atom stereocenters. The summed E-state index contributed by atoms with van der Waals surface area (Å²) in [7, 11) is 2.91. The Hall–Kier alpha value is -4.10. The van der Waals surface area contributed by atoms with Gasteiger partial charge in [-0.05, 0) is 29.8 Å². The molecule has 2 N–H and O–H groups in total. The maximum Gasteiger partial charge on any atom is 0.262 e. The third-order valence-electron chi connectivity index (χ3n) is 6.05. The predicted octanol–water partition coefficient (Wildman–Crippen LogP) is 3.67. The van der Waals surface area contributed by atoms with Crippen molar-refractivity contribution in [1.29, 1.82) is 0 Å². The van der Waals surface area contributed by atoms with Crippen LogP contribution >= 0.6 is 0 Å². The number of rotatable bonds is 5. The highest BCUT2D eigenvalue weighted by atomic mass is 16.5. The van der Waals surface area contributed by atoms with Crippen LogP contribution in [0, 0.1) is 0 Å². The fourth-order valence-electron chi connectivity index (χ4n) is 4.56. The molecule has 0 bridgehead atoms. The molecular weight excluding hydrogens is 422 g/mol. The molecule has 0 aliphatic heterocycles. The number of benzene rings is 3. The van der Waals surface area contributed by atoms with Crippen molar-refractivity contribution in [2.75, 3.05) is 14.2 Å². The average Bonchev–Trinajstić information content (AvgIpc) is 3.13. The van der Waals surface area contributed by atoms with E-state index in [2.05, 4.69) is 0 Å². The van der Waals surface area contributed by atoms with Crippen LogP contribution in [0.2, 0.25) is 0 Å². The standard InChI is InChI=1S/C26H21NO6/c1-32-20-11-10-18-21-23(16-8-3-4-9-17(16)24(21)30)27(26(31)22(18)25(20)33-2)13-19(29)14-6-5-7-15(28)12-14/h3-12,19,28-29H,13H2,1-2H3/t19-/m0/s1. The molecule has 7 heteroatoms. The van der Waals surface area contributed by atoms with Crippen LogP contribution in [-0.2, 0) is 6.54 Å². The SMILES string of the molecule is COc1ccc2c3c(n(C[C@H](O)c4cccc(O)c4)c(=O)c2c1OC)-c1ccccc1C3=O. The van der Waals surface area contributed by atoms with E-state index >= 15 is 0 Å². The van der Waals surface area contributed by atoms with Gasteiger partial charge in [-0.25, -0.2) is 0 Å². The van der Waals surface area contributed by atoms with Gasteiger partial charge in [0.15, 0.2) is 17.3 Å². The van der Waals surface area contributed by atoms with Crippen LogP contribution in [0.5, 0.6) is 17.2 Å². The Morgan fingerprint density at radius 1 is 0.939 bits per heavy atom. The molecule has 0 saturated heterocycles. The van der Waals surface area contributed by atoms with Crippen molar-refractivity contribution in [3.05, 3.63) is 87.7 Å². The average molecular weight is 443 g/mol. The van der Waals surface area contributed by atoms with E-state index in [-0.39, 0.29) is 29.2 Å². The molecule has 0 unspecified atom stereocenters. The number of carbonyl (C=O) groups is 1. The minimum Gasteiger partial charge on any atom is -0.508 e. The number of carbonyl (C=O) groups excluding carboxylic acids is 1. The van der Waals surface area contributed by atoms with E-state index in [0.29, 0.717) is 39.1 Å². The number of hydrogen-bond donors (Lipinski definition) is 2. The van der Waals surface area contributed by atoms with Crippen molar-refractivity contribution in [2.45, 2.75) is 12.6 Å². The maximum atomic E-state index is 13.8. The molecule has 0 saturated carbocycles. The second-order valence-electron chi connectivity index (χ2n) is 7.85. The molecule has 0 amide bonds. The smallest absolute Gasteiger partial charge is 0.262 e. The lowest BCUT2D eigenvalue weighted by molar-refractivity contribution is 0.104. The van der Waals surface area contributed by atoms with E-state index in [1.54, 1.807) is 48.5 Å². The second-order valence-corrected chi connectivity index (χ2v) is 7.85. The van der Waals surface area contributed by atoms with Crippen LogP contribution in [0.1, 0.15) is 27.6 Å². The summed E-state index contributed by atoms with van der Waals surface area (Å²) in [5.41, 5.74) is 2.01. The van der Waals surface area contributed by atoms with E-state index in [1.165, 1.54) is 30.9 Å². The highest BCUT2D eigenvalue weighted by Gasteiger charge is 2.34. The zero-order valence-electron chi connectivity index (χ0n) is 18.0. The first-order valence-electron chi connectivity index (χ1n) is 10.4. The highest BCUT2D eigenvalue weighted by molar-refractivity contribution is 6.27. The Balaban J connectivity index is 1.84. The summed E-state index contributed by atoms with van der Waals surface area (Å²) in [4.78, 5) is 27.3. The van der Waals surface area contributed by atoms with Crippen LogP contribution in [0.3, 0.4) is 0 Å². The number of hydrogen-bond acceptors (Lipinski definition) is 6. The fourth-order valence-corrected chi connectivity index (χ4v) is 4.56. The van der Waals surface area contributed by atoms with E-state index in [1.807, 2.05) is 0 Å². The first-order chi connectivity index (χ1) is 16.0. The summed E-state index contributed by atoms with van der Waals surface area (Å²) >= 11 is 0. The monoisotopic (exact) mass is 443 g/mol. The van der Waals surface area contributed by atoms with Gasteiger partial charge < -0.3 is 24.3 Å². The Bertz CT molecular complexity index is 1490. The van der Waals surface area contributed by atoms with Gasteiger partial charge in [-0.3, -0.25) is 9.59 Å². The number of phenols is 1. The predicted molar refractivity (Wildman–Crippen MR) is 123 cm³/mol. The number of methoxy groups -OCH3 is 2. The maximum absolute atomic E-state index is 13.8. The zero-order valence-corrected chi connectivity index (χ0v) is 18.0. The molecule has 1 heterocycles. The minimum absolute atomic E-state index is 0.00886. The van der Waals surface area contributed by atoms with Gasteiger partial charge >= 0.3 is 0 Å². The summed E-state index contributed by atoms with van der Waals surface area (Å²) in [5.74, 6) is 0.408. The van der Waals surface area contributed by atoms with Gasteiger partial charge in [0.25, 0.3) is 5.56 Å². The van der Waals surface area contributed by atoms with Gasteiger partial charge in [0, 0.05) is 16.5 Å². The number of phenolic OH excluding ortho intramolecular Hbond substituents is 1. The molecule has 4 aromatic rings. The molecule has 3 aromatic carbocycles. The molecular formula is C26H21NO6. The number of aliphatic hydroxyl groups is 1. The van der Waals surface area contributed by atoms with Crippen molar-refractivity contribution in [1.82, 2.24) is 4.57 Å². The number of aromatic hydroxyl groups is 1. The van der Waals surface area contributed by atoms with Crippen LogP contribution in [0.4, 0.5) is 0 Å². The van der Waals surface area contributed by atoms with Crippen LogP contribution in [0.15, 0.2) is 65.5 Å². The number of aliphatic hydroxyl groups excluding tert-OH is 1. The van der Waals surface area contributed by atoms with Crippen molar-refractivity contribution < 1.29 is 24.5 Å². The number of nitrogens with zero attached hydrogens (tertiary/aromatic N) is 1. The molecule has 166 valence electrons. The van der Waals surface area contributed by atoms with Gasteiger partial charge in [0.1, 0.15) is 5.75 Å². The van der Waals surface area contributed by atoms with Crippen LogP contribution in [0.25, 0.3) is 22.0 Å². The third kappa shape index (κ3) is 3.08. The van der Waals surface area contributed by atoms with Gasteiger partial charge in [-0.1, -0.05) is 36.4 Å². The largest absolute Gasteiger partial charge is 0.508 e. The Morgan fingerprint density at radius 3 is 2.39 bits per heavy atom. The number of ketones is 1. The molecule has 1 aliphatic carbocycles. The number of pyridine rings is 1. The number of fused-ring (bicyclic) bond motifs is 5. The quantitative estimate of drug-likeness (QED) is 0.430.